The molecule has 3 rings (SSSR count). The number of hydrogen-bond acceptors (Lipinski definition) is 4. The fraction of sp³-hybridized carbons (Fsp3) is 0.556. The SMILES string of the molecule is Cc1c(I)c(Cl)cc2c1OC[C@H]1CN(C(=O)OC(C)(C)C)CCN1C2=O. The Morgan fingerprint density at radius 2 is 2.08 bits per heavy atom. The lowest BCUT2D eigenvalue weighted by molar-refractivity contribution is 0.000934. The second-order valence-corrected chi connectivity index (χ2v) is 9.05. The molecule has 2 amide bonds. The lowest BCUT2D eigenvalue weighted by atomic mass is 10.1. The van der Waals surface area contributed by atoms with Crippen LogP contribution in [0.5, 0.6) is 5.75 Å². The summed E-state index contributed by atoms with van der Waals surface area (Å²) in [5.41, 5.74) is 0.802. The third-order valence-electron chi connectivity index (χ3n) is 4.44. The summed E-state index contributed by atoms with van der Waals surface area (Å²) in [4.78, 5) is 28.8. The van der Waals surface area contributed by atoms with Crippen LogP contribution >= 0.6 is 34.2 Å². The van der Waals surface area contributed by atoms with E-state index in [0.717, 1.165) is 9.13 Å². The number of nitrogens with zero attached hydrogens (tertiary/aromatic N) is 2. The van der Waals surface area contributed by atoms with Crippen molar-refractivity contribution in [3.63, 3.8) is 0 Å². The first-order valence-electron chi connectivity index (χ1n) is 8.49. The van der Waals surface area contributed by atoms with Gasteiger partial charge in [0.2, 0.25) is 0 Å². The minimum atomic E-state index is -0.551. The molecule has 2 aliphatic rings. The van der Waals surface area contributed by atoms with Gasteiger partial charge in [-0.2, -0.15) is 0 Å². The minimum absolute atomic E-state index is 0.104. The first kappa shape index (κ1) is 19.5. The molecule has 0 unspecified atom stereocenters. The normalized spacial score (nSPS) is 20.1. The van der Waals surface area contributed by atoms with Crippen molar-refractivity contribution in [2.45, 2.75) is 39.3 Å². The second-order valence-electron chi connectivity index (χ2n) is 7.56. The number of hydrogen-bond donors (Lipinski definition) is 0. The number of piperazine rings is 1. The van der Waals surface area contributed by atoms with Crippen molar-refractivity contribution in [3.8, 4) is 5.75 Å². The van der Waals surface area contributed by atoms with E-state index in [9.17, 15) is 9.59 Å². The highest BCUT2D eigenvalue weighted by molar-refractivity contribution is 14.1. The Labute approximate surface area is 171 Å². The summed E-state index contributed by atoms with van der Waals surface area (Å²) >= 11 is 8.42. The molecule has 1 fully saturated rings. The number of carbonyl (C=O) groups is 2. The number of fused-ring (bicyclic) bond motifs is 2. The summed E-state index contributed by atoms with van der Waals surface area (Å²) in [5.74, 6) is 0.481. The average Bonchev–Trinajstić information content (AvgIpc) is 2.69. The van der Waals surface area contributed by atoms with Gasteiger partial charge in [-0.1, -0.05) is 11.6 Å². The molecule has 2 heterocycles. The van der Waals surface area contributed by atoms with Gasteiger partial charge in [-0.15, -0.1) is 0 Å². The van der Waals surface area contributed by atoms with E-state index < -0.39 is 5.60 Å². The third kappa shape index (κ3) is 3.74. The lowest BCUT2D eigenvalue weighted by Crippen LogP contribution is -2.58. The van der Waals surface area contributed by atoms with E-state index in [2.05, 4.69) is 22.6 Å². The maximum Gasteiger partial charge on any atom is 0.410 e. The van der Waals surface area contributed by atoms with Crippen molar-refractivity contribution in [1.29, 1.82) is 0 Å². The fourth-order valence-corrected chi connectivity index (χ4v) is 3.82. The van der Waals surface area contributed by atoms with Gasteiger partial charge in [0.1, 0.15) is 18.0 Å². The van der Waals surface area contributed by atoms with E-state index in [1.807, 2.05) is 27.7 Å². The molecule has 0 radical (unpaired) electrons. The predicted molar refractivity (Wildman–Crippen MR) is 107 cm³/mol. The first-order chi connectivity index (χ1) is 12.1. The monoisotopic (exact) mass is 492 g/mol. The number of carbonyl (C=O) groups excluding carboxylic acids is 2. The van der Waals surface area contributed by atoms with Gasteiger partial charge < -0.3 is 19.3 Å². The maximum atomic E-state index is 13.0. The molecular formula is C18H22ClIN2O4. The lowest BCUT2D eigenvalue weighted by Gasteiger charge is -2.40. The standard InChI is InChI=1S/C18H22ClIN2O4/c1-10-14(20)13(19)7-12-15(10)25-9-11-8-21(5-6-22(11)16(12)23)17(24)26-18(2,3)4/h7,11H,5-6,8-9H2,1-4H3/t11-/m1/s1. The van der Waals surface area contributed by atoms with Crippen LogP contribution in [0.2, 0.25) is 5.02 Å². The molecule has 26 heavy (non-hydrogen) atoms. The van der Waals surface area contributed by atoms with Crippen LogP contribution in [0.25, 0.3) is 0 Å². The van der Waals surface area contributed by atoms with Gasteiger partial charge in [-0.05, 0) is 56.4 Å². The van der Waals surface area contributed by atoms with Gasteiger partial charge >= 0.3 is 6.09 Å². The van der Waals surface area contributed by atoms with Crippen molar-refractivity contribution >= 4 is 46.2 Å². The predicted octanol–water partition coefficient (Wildman–Crippen LogP) is 3.71. The van der Waals surface area contributed by atoms with E-state index in [1.165, 1.54) is 0 Å². The molecule has 0 saturated carbocycles. The zero-order chi connectivity index (χ0) is 19.2. The topological polar surface area (TPSA) is 59.1 Å². The first-order valence-corrected chi connectivity index (χ1v) is 9.94. The van der Waals surface area contributed by atoms with E-state index in [4.69, 9.17) is 21.1 Å². The maximum absolute atomic E-state index is 13.0. The van der Waals surface area contributed by atoms with Gasteiger partial charge in [0.15, 0.2) is 0 Å². The second kappa shape index (κ2) is 7.07. The van der Waals surface area contributed by atoms with Gasteiger partial charge in [-0.3, -0.25) is 4.79 Å². The molecule has 8 heteroatoms. The Balaban J connectivity index is 1.83. The Hall–Kier alpha value is -1.22. The van der Waals surface area contributed by atoms with E-state index in [0.29, 0.717) is 42.6 Å². The van der Waals surface area contributed by atoms with Crippen molar-refractivity contribution in [2.75, 3.05) is 26.2 Å². The highest BCUT2D eigenvalue weighted by atomic mass is 127. The molecule has 0 aliphatic carbocycles. The zero-order valence-corrected chi connectivity index (χ0v) is 18.2. The van der Waals surface area contributed by atoms with Gasteiger partial charge in [0.25, 0.3) is 5.91 Å². The average molecular weight is 493 g/mol. The molecule has 1 aromatic carbocycles. The smallest absolute Gasteiger partial charge is 0.410 e. The molecule has 0 N–H and O–H groups in total. The van der Waals surface area contributed by atoms with Crippen molar-refractivity contribution in [3.05, 3.63) is 25.8 Å². The number of amides is 2. The molecule has 142 valence electrons. The van der Waals surface area contributed by atoms with E-state index in [1.54, 1.807) is 15.9 Å². The van der Waals surface area contributed by atoms with Gasteiger partial charge in [-0.25, -0.2) is 4.79 Å². The summed E-state index contributed by atoms with van der Waals surface area (Å²) in [6.45, 7) is 9.00. The molecule has 6 nitrogen and oxygen atoms in total. The van der Waals surface area contributed by atoms with Crippen molar-refractivity contribution in [1.82, 2.24) is 9.80 Å². The molecule has 0 bridgehead atoms. The summed E-state index contributed by atoms with van der Waals surface area (Å²) in [5, 5.41) is 0.546. The van der Waals surface area contributed by atoms with Crippen LogP contribution in [0.4, 0.5) is 4.79 Å². The Bertz CT molecular complexity index is 763. The zero-order valence-electron chi connectivity index (χ0n) is 15.3. The van der Waals surface area contributed by atoms with E-state index >= 15 is 0 Å². The number of ether oxygens (including phenoxy) is 2. The van der Waals surface area contributed by atoms with Crippen LogP contribution in [0, 0.1) is 10.5 Å². The molecule has 1 aromatic rings. The molecule has 2 aliphatic heterocycles. The number of benzene rings is 1. The van der Waals surface area contributed by atoms with Gasteiger partial charge in [0, 0.05) is 28.8 Å². The van der Waals surface area contributed by atoms with Crippen molar-refractivity contribution in [2.24, 2.45) is 0 Å². The molecule has 1 saturated heterocycles. The molecule has 0 aromatic heterocycles. The third-order valence-corrected chi connectivity index (χ3v) is 6.45. The van der Waals surface area contributed by atoms with Crippen molar-refractivity contribution < 1.29 is 19.1 Å². The van der Waals surface area contributed by atoms with Crippen LogP contribution in [0.15, 0.2) is 6.07 Å². The van der Waals surface area contributed by atoms with Crippen LogP contribution in [0.1, 0.15) is 36.7 Å². The highest BCUT2D eigenvalue weighted by Crippen LogP contribution is 2.36. The quantitative estimate of drug-likeness (QED) is 0.518. The highest BCUT2D eigenvalue weighted by Gasteiger charge is 2.38. The minimum Gasteiger partial charge on any atom is -0.490 e. The van der Waals surface area contributed by atoms with Crippen LogP contribution < -0.4 is 4.74 Å². The Morgan fingerprint density at radius 3 is 2.73 bits per heavy atom. The van der Waals surface area contributed by atoms with Gasteiger partial charge in [0.05, 0.1) is 16.6 Å². The fourth-order valence-electron chi connectivity index (χ4n) is 3.17. The van der Waals surface area contributed by atoms with Crippen LogP contribution in [-0.2, 0) is 4.74 Å². The summed E-state index contributed by atoms with van der Waals surface area (Å²) in [7, 11) is 0. The Kier molecular flexibility index (Phi) is 5.31. The molecule has 0 spiro atoms. The molecular weight excluding hydrogens is 471 g/mol. The molecule has 1 atom stereocenters. The number of halogens is 2. The largest absolute Gasteiger partial charge is 0.490 e. The number of rotatable bonds is 0. The Morgan fingerprint density at radius 1 is 1.38 bits per heavy atom. The van der Waals surface area contributed by atoms with Crippen LogP contribution in [0.3, 0.4) is 0 Å². The summed E-state index contributed by atoms with van der Waals surface area (Å²) in [6.07, 6.45) is -0.361. The van der Waals surface area contributed by atoms with E-state index in [-0.39, 0.29) is 18.0 Å². The summed E-state index contributed by atoms with van der Waals surface area (Å²) in [6, 6.07) is 1.46. The summed E-state index contributed by atoms with van der Waals surface area (Å²) < 4.78 is 12.3. The van der Waals surface area contributed by atoms with Crippen LogP contribution in [-0.4, -0.2) is 59.7 Å².